The SMILES string of the molecule is COC(=O)C1=C(C2CCN(S(=O)(=O)[C@H]3C[C@](C)(C(=O)O)C3)CC2)NC(c2nccs2)=N[C@@H]1c1ccc(F)cc1Br. The van der Waals surface area contributed by atoms with Gasteiger partial charge in [0.15, 0.2) is 10.8 Å². The van der Waals surface area contributed by atoms with Gasteiger partial charge in [0.1, 0.15) is 11.9 Å². The standard InChI is InChI=1S/C26H28BrFN4O6S2/c1-26(25(34)35)12-16(13-26)40(36,37)32-8-5-14(6-9-32)20-19(24(33)38-2)21(17-4-3-15(28)11-18(17)27)31-22(30-20)23-29-7-10-39-23/h3-4,7,10-11,14,16,21H,5-6,8-9,12-13H2,1-2H3,(H,30,31)(H,34,35)/t16-,21-,26-/m1/s1. The molecular formula is C26H28BrFN4O6S2. The van der Waals surface area contributed by atoms with Gasteiger partial charge in [-0.2, -0.15) is 0 Å². The fourth-order valence-corrected chi connectivity index (χ4v) is 9.01. The molecule has 0 bridgehead atoms. The molecular weight excluding hydrogens is 627 g/mol. The van der Waals surface area contributed by atoms with Crippen molar-refractivity contribution in [2.45, 2.75) is 43.9 Å². The quantitative estimate of drug-likeness (QED) is 0.429. The van der Waals surface area contributed by atoms with Crippen LogP contribution in [0.2, 0.25) is 0 Å². The van der Waals surface area contributed by atoms with Crippen LogP contribution < -0.4 is 5.32 Å². The number of carbonyl (C=O) groups excluding carboxylic acids is 1. The zero-order chi connectivity index (χ0) is 28.8. The largest absolute Gasteiger partial charge is 0.481 e. The zero-order valence-electron chi connectivity index (χ0n) is 21.8. The van der Waals surface area contributed by atoms with Gasteiger partial charge >= 0.3 is 11.9 Å². The minimum absolute atomic E-state index is 0.0889. The van der Waals surface area contributed by atoms with Gasteiger partial charge in [0.2, 0.25) is 10.0 Å². The second kappa shape index (κ2) is 11.0. The third-order valence-corrected chi connectivity index (χ3v) is 11.6. The van der Waals surface area contributed by atoms with Crippen molar-refractivity contribution in [3.05, 3.63) is 61.9 Å². The molecule has 0 amide bonds. The molecule has 3 heterocycles. The van der Waals surface area contributed by atoms with Crippen molar-refractivity contribution in [2.24, 2.45) is 16.3 Å². The summed E-state index contributed by atoms with van der Waals surface area (Å²) in [5, 5.41) is 14.4. The number of carboxylic acid groups (broad SMARTS) is 1. The summed E-state index contributed by atoms with van der Waals surface area (Å²) >= 11 is 4.78. The van der Waals surface area contributed by atoms with Crippen molar-refractivity contribution in [1.82, 2.24) is 14.6 Å². The van der Waals surface area contributed by atoms with Crippen molar-refractivity contribution in [1.29, 1.82) is 0 Å². The number of hydrogen-bond acceptors (Lipinski definition) is 9. The fourth-order valence-electron chi connectivity index (χ4n) is 5.56. The van der Waals surface area contributed by atoms with Gasteiger partial charge in [-0.05, 0) is 50.3 Å². The second-order valence-electron chi connectivity index (χ2n) is 10.4. The molecule has 0 unspecified atom stereocenters. The average Bonchev–Trinajstić information content (AvgIpc) is 3.45. The fraction of sp³-hybridized carbons (Fsp3) is 0.462. The lowest BCUT2D eigenvalue weighted by Crippen LogP contribution is -2.54. The molecule has 3 aliphatic rings. The number of amidine groups is 1. The van der Waals surface area contributed by atoms with Crippen LogP contribution in [-0.2, 0) is 24.3 Å². The van der Waals surface area contributed by atoms with Crippen molar-refractivity contribution in [3.63, 3.8) is 0 Å². The van der Waals surface area contributed by atoms with E-state index in [4.69, 9.17) is 9.73 Å². The topological polar surface area (TPSA) is 138 Å². The number of carboxylic acids is 1. The van der Waals surface area contributed by atoms with Crippen LogP contribution in [0.3, 0.4) is 0 Å². The highest BCUT2D eigenvalue weighted by atomic mass is 79.9. The number of esters is 1. The summed E-state index contributed by atoms with van der Waals surface area (Å²) in [5.41, 5.74) is 0.402. The number of nitrogens with one attached hydrogen (secondary N) is 1. The summed E-state index contributed by atoms with van der Waals surface area (Å²) in [5.74, 6) is -1.79. The first-order valence-corrected chi connectivity index (χ1v) is 15.9. The summed E-state index contributed by atoms with van der Waals surface area (Å²) in [7, 11) is -2.38. The van der Waals surface area contributed by atoms with Gasteiger partial charge < -0.3 is 15.2 Å². The van der Waals surface area contributed by atoms with E-state index >= 15 is 0 Å². The highest BCUT2D eigenvalue weighted by molar-refractivity contribution is 9.10. The van der Waals surface area contributed by atoms with E-state index in [1.165, 1.54) is 34.9 Å². The molecule has 2 aliphatic heterocycles. The highest BCUT2D eigenvalue weighted by Crippen LogP contribution is 2.46. The number of ether oxygens (including phenoxy) is 1. The van der Waals surface area contributed by atoms with Crippen LogP contribution in [0.25, 0.3) is 0 Å². The maximum absolute atomic E-state index is 13.9. The number of hydrogen-bond donors (Lipinski definition) is 2. The average molecular weight is 656 g/mol. The van der Waals surface area contributed by atoms with Crippen LogP contribution in [0.1, 0.15) is 49.2 Å². The van der Waals surface area contributed by atoms with Crippen LogP contribution in [0.5, 0.6) is 0 Å². The maximum atomic E-state index is 13.9. The van der Waals surface area contributed by atoms with Crippen LogP contribution in [0.4, 0.5) is 4.39 Å². The molecule has 10 nitrogen and oxygen atoms in total. The molecule has 1 aromatic carbocycles. The van der Waals surface area contributed by atoms with E-state index in [9.17, 15) is 27.5 Å². The lowest BCUT2D eigenvalue weighted by atomic mass is 9.70. The van der Waals surface area contributed by atoms with Crippen LogP contribution in [0, 0.1) is 17.2 Å². The van der Waals surface area contributed by atoms with E-state index in [0.29, 0.717) is 39.4 Å². The predicted molar refractivity (Wildman–Crippen MR) is 150 cm³/mol. The Bertz CT molecular complexity index is 1500. The van der Waals surface area contributed by atoms with Crippen LogP contribution in [0.15, 0.2) is 50.5 Å². The molecule has 14 heteroatoms. The number of allylic oxidation sites excluding steroid dienone is 1. The molecule has 2 N–H and O–H groups in total. The molecule has 1 aliphatic carbocycles. The number of methoxy groups -OCH3 is 1. The van der Waals surface area contributed by atoms with E-state index in [1.807, 2.05) is 0 Å². The molecule has 1 atom stereocenters. The number of benzene rings is 1. The van der Waals surface area contributed by atoms with Gasteiger partial charge in [0.05, 0.1) is 23.3 Å². The maximum Gasteiger partial charge on any atom is 0.338 e. The zero-order valence-corrected chi connectivity index (χ0v) is 25.0. The van der Waals surface area contributed by atoms with E-state index in [1.54, 1.807) is 24.6 Å². The molecule has 0 radical (unpaired) electrons. The number of aromatic nitrogens is 1. The number of thiazole rings is 1. The molecule has 5 rings (SSSR count). The Morgan fingerprint density at radius 2 is 1.98 bits per heavy atom. The minimum Gasteiger partial charge on any atom is -0.481 e. The Labute approximate surface area is 243 Å². The molecule has 2 aromatic rings. The third kappa shape index (κ3) is 5.21. The minimum atomic E-state index is -3.66. The summed E-state index contributed by atoms with van der Waals surface area (Å²) in [6, 6.07) is 3.36. The highest BCUT2D eigenvalue weighted by Gasteiger charge is 2.53. The number of halogens is 2. The van der Waals surface area contributed by atoms with Gasteiger partial charge in [0, 0.05) is 40.8 Å². The first-order valence-electron chi connectivity index (χ1n) is 12.7. The van der Waals surface area contributed by atoms with Crippen molar-refractivity contribution < 1.29 is 32.2 Å². The van der Waals surface area contributed by atoms with Gasteiger partial charge in [-0.15, -0.1) is 11.3 Å². The summed E-state index contributed by atoms with van der Waals surface area (Å²) in [6.07, 6.45) is 2.67. The monoisotopic (exact) mass is 654 g/mol. The second-order valence-corrected chi connectivity index (χ2v) is 14.4. The third-order valence-electron chi connectivity index (χ3n) is 7.89. The first-order chi connectivity index (χ1) is 18.9. The lowest BCUT2D eigenvalue weighted by Gasteiger charge is -2.44. The Kier molecular flexibility index (Phi) is 7.89. The molecule has 214 valence electrons. The number of piperidine rings is 1. The number of carbonyl (C=O) groups is 2. The number of rotatable bonds is 7. The van der Waals surface area contributed by atoms with Crippen molar-refractivity contribution >= 4 is 55.1 Å². The van der Waals surface area contributed by atoms with Gasteiger partial charge in [-0.3, -0.25) is 9.79 Å². The Hall–Kier alpha value is -2.68. The number of sulfonamides is 1. The Morgan fingerprint density at radius 1 is 1.27 bits per heavy atom. The van der Waals surface area contributed by atoms with Gasteiger partial charge in [0.25, 0.3) is 0 Å². The molecule has 1 saturated heterocycles. The molecule has 1 saturated carbocycles. The Balaban J connectivity index is 1.45. The van der Waals surface area contributed by atoms with E-state index < -0.39 is 44.5 Å². The summed E-state index contributed by atoms with van der Waals surface area (Å²) in [6.45, 7) is 2.02. The van der Waals surface area contributed by atoms with E-state index in [2.05, 4.69) is 26.2 Å². The summed E-state index contributed by atoms with van der Waals surface area (Å²) in [4.78, 5) is 33.8. The normalized spacial score (nSPS) is 26.1. The molecule has 0 spiro atoms. The van der Waals surface area contributed by atoms with Crippen molar-refractivity contribution in [3.8, 4) is 0 Å². The molecule has 40 heavy (non-hydrogen) atoms. The number of nitrogens with zero attached hydrogens (tertiary/aromatic N) is 3. The first kappa shape index (κ1) is 28.8. The van der Waals surface area contributed by atoms with Crippen LogP contribution in [-0.4, -0.2) is 66.0 Å². The van der Waals surface area contributed by atoms with E-state index in [-0.39, 0.29) is 37.4 Å². The van der Waals surface area contributed by atoms with Crippen LogP contribution >= 0.6 is 27.3 Å². The van der Waals surface area contributed by atoms with Crippen molar-refractivity contribution in [2.75, 3.05) is 20.2 Å². The smallest absolute Gasteiger partial charge is 0.338 e. The lowest BCUT2D eigenvalue weighted by molar-refractivity contribution is -0.152. The Morgan fingerprint density at radius 3 is 2.55 bits per heavy atom. The number of aliphatic carboxylic acids is 1. The van der Waals surface area contributed by atoms with Gasteiger partial charge in [-0.25, -0.2) is 26.9 Å². The predicted octanol–water partition coefficient (Wildman–Crippen LogP) is 3.86. The van der Waals surface area contributed by atoms with E-state index in [0.717, 1.165) is 0 Å². The molecule has 1 aromatic heterocycles. The summed E-state index contributed by atoms with van der Waals surface area (Å²) < 4.78 is 47.5. The number of aliphatic imine (C=N–C) groups is 1. The molecule has 2 fully saturated rings. The van der Waals surface area contributed by atoms with Gasteiger partial charge in [-0.1, -0.05) is 22.0 Å².